The predicted molar refractivity (Wildman–Crippen MR) is 84.8 cm³/mol. The van der Waals surface area contributed by atoms with E-state index in [9.17, 15) is 0 Å². The smallest absolute Gasteiger partial charge is 0.104 e. The molecule has 1 aromatic heterocycles. The van der Waals surface area contributed by atoms with Gasteiger partial charge in [-0.15, -0.1) is 11.3 Å². The van der Waals surface area contributed by atoms with Crippen LogP contribution >= 0.6 is 11.3 Å². The summed E-state index contributed by atoms with van der Waals surface area (Å²) in [6, 6.07) is 2.15. The van der Waals surface area contributed by atoms with Crippen LogP contribution in [0.15, 0.2) is 11.4 Å². The molecule has 0 aliphatic carbocycles. The minimum Gasteiger partial charge on any atom is -0.384 e. The number of hydrogen-bond donors (Lipinski definition) is 1. The van der Waals surface area contributed by atoms with Crippen molar-refractivity contribution >= 4 is 11.3 Å². The highest BCUT2D eigenvalue weighted by molar-refractivity contribution is 7.10. The van der Waals surface area contributed by atoms with Gasteiger partial charge < -0.3 is 10.0 Å². The van der Waals surface area contributed by atoms with E-state index < -0.39 is 0 Å². The monoisotopic (exact) mass is 292 g/mol. The van der Waals surface area contributed by atoms with E-state index >= 15 is 0 Å². The molecule has 1 fully saturated rings. The maximum atomic E-state index is 8.70. The molecule has 1 saturated heterocycles. The highest BCUT2D eigenvalue weighted by Crippen LogP contribution is 2.17. The van der Waals surface area contributed by atoms with Gasteiger partial charge in [-0.3, -0.25) is 4.90 Å². The maximum absolute atomic E-state index is 8.70. The average molecular weight is 292 g/mol. The largest absolute Gasteiger partial charge is 0.384 e. The fraction of sp³-hybridized carbons (Fsp3) is 0.625. The second-order valence-corrected chi connectivity index (χ2v) is 6.73. The van der Waals surface area contributed by atoms with Gasteiger partial charge in [-0.1, -0.05) is 25.7 Å². The molecule has 2 heterocycles. The molecule has 20 heavy (non-hydrogen) atoms. The maximum Gasteiger partial charge on any atom is 0.104 e. The Labute approximate surface area is 126 Å². The van der Waals surface area contributed by atoms with Gasteiger partial charge in [-0.2, -0.15) is 0 Å². The number of hydrogen-bond acceptors (Lipinski definition) is 4. The topological polar surface area (TPSA) is 26.7 Å². The zero-order valence-electron chi connectivity index (χ0n) is 12.4. The minimum atomic E-state index is -0.0665. The van der Waals surface area contributed by atoms with E-state index in [2.05, 4.69) is 46.9 Å². The van der Waals surface area contributed by atoms with Crippen molar-refractivity contribution in [2.45, 2.75) is 20.4 Å². The second kappa shape index (κ2) is 7.80. The van der Waals surface area contributed by atoms with Crippen LogP contribution in [0.4, 0.5) is 0 Å². The molecule has 3 nitrogen and oxygen atoms in total. The highest BCUT2D eigenvalue weighted by atomic mass is 32.1. The Hall–Kier alpha value is -0.860. The summed E-state index contributed by atoms with van der Waals surface area (Å²) in [6.45, 7) is 11.4. The lowest BCUT2D eigenvalue weighted by atomic mass is 10.2. The van der Waals surface area contributed by atoms with Crippen LogP contribution in [-0.4, -0.2) is 54.2 Å². The zero-order valence-corrected chi connectivity index (χ0v) is 13.2. The molecular formula is C16H24N2OS. The van der Waals surface area contributed by atoms with Crippen LogP contribution in [0.5, 0.6) is 0 Å². The van der Waals surface area contributed by atoms with Crippen molar-refractivity contribution in [3.05, 3.63) is 21.9 Å². The lowest BCUT2D eigenvalue weighted by molar-refractivity contribution is 0.118. The molecule has 1 aromatic rings. The Balaban J connectivity index is 1.79. The predicted octanol–water partition coefficient (Wildman–Crippen LogP) is 1.87. The second-order valence-electron chi connectivity index (χ2n) is 5.73. The summed E-state index contributed by atoms with van der Waals surface area (Å²) >= 11 is 1.77. The summed E-state index contributed by atoms with van der Waals surface area (Å²) < 4.78 is 0. The molecule has 0 bridgehead atoms. The van der Waals surface area contributed by atoms with Gasteiger partial charge in [0.2, 0.25) is 0 Å². The molecule has 4 heteroatoms. The van der Waals surface area contributed by atoms with E-state index in [0.717, 1.165) is 31.1 Å². The first-order valence-corrected chi connectivity index (χ1v) is 8.17. The van der Waals surface area contributed by atoms with E-state index in [1.54, 1.807) is 11.3 Å². The van der Waals surface area contributed by atoms with Crippen molar-refractivity contribution in [1.29, 1.82) is 0 Å². The van der Waals surface area contributed by atoms with Gasteiger partial charge in [0.1, 0.15) is 6.61 Å². The first kappa shape index (κ1) is 15.5. The van der Waals surface area contributed by atoms with E-state index in [1.807, 2.05) is 0 Å². The summed E-state index contributed by atoms with van der Waals surface area (Å²) in [5, 5.41) is 10.8. The molecule has 1 aliphatic heterocycles. The zero-order chi connectivity index (χ0) is 14.4. The molecule has 0 spiro atoms. The Morgan fingerprint density at radius 2 is 1.95 bits per heavy atom. The standard InChI is InChI=1S/C16H24N2OS/c1-14(2)11-17-5-7-18(8-6-17)12-16-10-15(13-20-16)4-3-9-19/h10,13-14,19H,5-9,11-12H2,1-2H3. The molecule has 0 aromatic carbocycles. The van der Waals surface area contributed by atoms with Gasteiger partial charge in [-0.25, -0.2) is 0 Å². The third-order valence-electron chi connectivity index (χ3n) is 3.43. The molecule has 0 atom stereocenters. The van der Waals surface area contributed by atoms with Crippen molar-refractivity contribution in [1.82, 2.24) is 9.80 Å². The van der Waals surface area contributed by atoms with Gasteiger partial charge in [0, 0.05) is 55.1 Å². The third-order valence-corrected chi connectivity index (χ3v) is 4.35. The SMILES string of the molecule is CC(C)CN1CCN(Cc2cc(C#CCO)cs2)CC1. The van der Waals surface area contributed by atoms with E-state index in [-0.39, 0.29) is 6.61 Å². The number of rotatable bonds is 4. The number of nitrogens with zero attached hydrogens (tertiary/aromatic N) is 2. The lowest BCUT2D eigenvalue weighted by Gasteiger charge is -2.35. The number of piperazine rings is 1. The van der Waals surface area contributed by atoms with Crippen LogP contribution < -0.4 is 0 Å². The van der Waals surface area contributed by atoms with Gasteiger partial charge >= 0.3 is 0 Å². The molecule has 1 N–H and O–H groups in total. The highest BCUT2D eigenvalue weighted by Gasteiger charge is 2.17. The summed E-state index contributed by atoms with van der Waals surface area (Å²) in [7, 11) is 0. The van der Waals surface area contributed by atoms with Crippen molar-refractivity contribution in [2.24, 2.45) is 5.92 Å². The average Bonchev–Trinajstić information content (AvgIpc) is 2.86. The third kappa shape index (κ3) is 4.92. The van der Waals surface area contributed by atoms with E-state index in [4.69, 9.17) is 5.11 Å². The Kier molecular flexibility index (Phi) is 6.06. The molecular weight excluding hydrogens is 268 g/mol. The lowest BCUT2D eigenvalue weighted by Crippen LogP contribution is -2.46. The number of thiophene rings is 1. The quantitative estimate of drug-likeness (QED) is 0.858. The van der Waals surface area contributed by atoms with Crippen LogP contribution in [0.25, 0.3) is 0 Å². The molecule has 2 rings (SSSR count). The first-order chi connectivity index (χ1) is 9.67. The van der Waals surface area contributed by atoms with Crippen molar-refractivity contribution < 1.29 is 5.11 Å². The molecule has 0 amide bonds. The Bertz CT molecular complexity index is 464. The fourth-order valence-electron chi connectivity index (χ4n) is 2.54. The summed E-state index contributed by atoms with van der Waals surface area (Å²) in [5.74, 6) is 6.42. The minimum absolute atomic E-state index is 0.0665. The number of aliphatic hydroxyl groups is 1. The molecule has 0 radical (unpaired) electrons. The summed E-state index contributed by atoms with van der Waals surface area (Å²) in [6.07, 6.45) is 0. The van der Waals surface area contributed by atoms with Crippen LogP contribution in [0.1, 0.15) is 24.3 Å². The van der Waals surface area contributed by atoms with Crippen molar-refractivity contribution in [3.8, 4) is 11.8 Å². The van der Waals surface area contributed by atoms with E-state index in [1.165, 1.54) is 24.5 Å². The Morgan fingerprint density at radius 1 is 1.25 bits per heavy atom. The van der Waals surface area contributed by atoms with Crippen molar-refractivity contribution in [2.75, 3.05) is 39.3 Å². The van der Waals surface area contributed by atoms with Gasteiger partial charge in [-0.05, 0) is 12.0 Å². The first-order valence-electron chi connectivity index (χ1n) is 7.29. The Morgan fingerprint density at radius 3 is 2.60 bits per heavy atom. The molecule has 0 unspecified atom stereocenters. The molecule has 1 aliphatic rings. The van der Waals surface area contributed by atoms with Crippen LogP contribution in [-0.2, 0) is 6.54 Å². The van der Waals surface area contributed by atoms with Crippen LogP contribution in [0.3, 0.4) is 0 Å². The van der Waals surface area contributed by atoms with Gasteiger partial charge in [0.25, 0.3) is 0 Å². The number of aliphatic hydroxyl groups excluding tert-OH is 1. The van der Waals surface area contributed by atoms with E-state index in [0.29, 0.717) is 0 Å². The summed E-state index contributed by atoms with van der Waals surface area (Å²) in [4.78, 5) is 6.45. The van der Waals surface area contributed by atoms with Crippen molar-refractivity contribution in [3.63, 3.8) is 0 Å². The normalized spacial score (nSPS) is 17.2. The van der Waals surface area contributed by atoms with Gasteiger partial charge in [0.15, 0.2) is 0 Å². The van der Waals surface area contributed by atoms with Gasteiger partial charge in [0.05, 0.1) is 0 Å². The van der Waals surface area contributed by atoms with Crippen LogP contribution in [0.2, 0.25) is 0 Å². The fourth-order valence-corrected chi connectivity index (χ4v) is 3.39. The summed E-state index contributed by atoms with van der Waals surface area (Å²) in [5.41, 5.74) is 1.03. The molecule has 110 valence electrons. The molecule has 0 saturated carbocycles. The van der Waals surface area contributed by atoms with Crippen LogP contribution in [0, 0.1) is 17.8 Å².